The number of nitrogens with one attached hydrogen (secondary N) is 3. The van der Waals surface area contributed by atoms with Crippen molar-refractivity contribution in [2.24, 2.45) is 0 Å². The Hall–Kier alpha value is -3.43. The van der Waals surface area contributed by atoms with Crippen LogP contribution in [0.3, 0.4) is 0 Å². The summed E-state index contributed by atoms with van der Waals surface area (Å²) in [5.74, 6) is 0.820. The summed E-state index contributed by atoms with van der Waals surface area (Å²) in [7, 11) is 0. The van der Waals surface area contributed by atoms with Crippen LogP contribution in [-0.4, -0.2) is 57.8 Å². The van der Waals surface area contributed by atoms with Crippen molar-refractivity contribution in [2.75, 3.05) is 35.6 Å². The smallest absolute Gasteiger partial charge is 0.409 e. The highest BCUT2D eigenvalue weighted by Crippen LogP contribution is 2.20. The number of piperidine rings is 1. The average Bonchev–Trinajstić information content (AvgIpc) is 2.69. The number of hydrogen-bond donors (Lipinski definition) is 3. The molecule has 0 unspecified atom stereocenters. The largest absolute Gasteiger partial charge is 0.450 e. The normalized spacial score (nSPS) is 14.2. The summed E-state index contributed by atoms with van der Waals surface area (Å²) in [5, 5.41) is 17.2. The van der Waals surface area contributed by atoms with Crippen LogP contribution < -0.4 is 16.0 Å². The van der Waals surface area contributed by atoms with E-state index in [1.54, 1.807) is 17.9 Å². The van der Waals surface area contributed by atoms with E-state index >= 15 is 0 Å². The molecule has 1 aliphatic heterocycles. The zero-order valence-corrected chi connectivity index (χ0v) is 16.5. The van der Waals surface area contributed by atoms with Crippen molar-refractivity contribution in [1.29, 1.82) is 0 Å². The number of likely N-dealkylation sites (tertiary alicyclic amines) is 1. The molecule has 2 aromatic rings. The minimum atomic E-state index is -0.267. The Morgan fingerprint density at radius 3 is 2.72 bits per heavy atom. The van der Waals surface area contributed by atoms with Crippen LogP contribution in [0, 0.1) is 0 Å². The van der Waals surface area contributed by atoms with E-state index in [0.29, 0.717) is 37.1 Å². The van der Waals surface area contributed by atoms with Crippen LogP contribution in [0.25, 0.3) is 0 Å². The van der Waals surface area contributed by atoms with Gasteiger partial charge >= 0.3 is 6.09 Å². The first kappa shape index (κ1) is 20.3. The topological polar surface area (TPSA) is 121 Å². The first-order valence-corrected chi connectivity index (χ1v) is 9.56. The Morgan fingerprint density at radius 2 is 2.00 bits per heavy atom. The standard InChI is InChI=1S/C19H25N7O3/c1-3-29-19(28)26-9-7-14(8-10-26)23-18-24-17(12-20-25-18)22-16-6-4-5-15(11-16)21-13(2)27/h4-6,11-12,14H,3,7-10H2,1-2H3,(H,21,27)(H2,22,23,24,25). The number of amides is 2. The van der Waals surface area contributed by atoms with Crippen LogP contribution in [0.2, 0.25) is 0 Å². The predicted octanol–water partition coefficient (Wildman–Crippen LogP) is 2.61. The van der Waals surface area contributed by atoms with Crippen molar-refractivity contribution in [2.45, 2.75) is 32.7 Å². The molecule has 0 bridgehead atoms. The molecule has 3 N–H and O–H groups in total. The van der Waals surface area contributed by atoms with Gasteiger partial charge in [-0.15, -0.1) is 5.10 Å². The van der Waals surface area contributed by atoms with Gasteiger partial charge < -0.3 is 25.6 Å². The number of benzene rings is 1. The third-order valence-corrected chi connectivity index (χ3v) is 4.37. The van der Waals surface area contributed by atoms with E-state index in [2.05, 4.69) is 31.1 Å². The van der Waals surface area contributed by atoms with Crippen LogP contribution in [-0.2, 0) is 9.53 Å². The fourth-order valence-corrected chi connectivity index (χ4v) is 3.05. The summed E-state index contributed by atoms with van der Waals surface area (Å²) in [6.45, 7) is 4.89. The Morgan fingerprint density at radius 1 is 1.24 bits per heavy atom. The molecular formula is C19H25N7O3. The van der Waals surface area contributed by atoms with Gasteiger partial charge in [0, 0.05) is 37.4 Å². The lowest BCUT2D eigenvalue weighted by molar-refractivity contribution is -0.114. The molecule has 2 amide bonds. The van der Waals surface area contributed by atoms with Gasteiger partial charge in [-0.3, -0.25) is 4.79 Å². The number of anilines is 4. The highest BCUT2D eigenvalue weighted by atomic mass is 16.6. The molecule has 0 aliphatic carbocycles. The molecule has 29 heavy (non-hydrogen) atoms. The number of carbonyl (C=O) groups is 2. The second-order valence-electron chi connectivity index (χ2n) is 6.66. The van der Waals surface area contributed by atoms with E-state index in [9.17, 15) is 9.59 Å². The van der Waals surface area contributed by atoms with E-state index in [0.717, 1.165) is 18.5 Å². The Labute approximate surface area is 169 Å². The average molecular weight is 399 g/mol. The van der Waals surface area contributed by atoms with Crippen molar-refractivity contribution in [3.8, 4) is 0 Å². The molecule has 0 saturated carbocycles. The Kier molecular flexibility index (Phi) is 6.77. The lowest BCUT2D eigenvalue weighted by Crippen LogP contribution is -2.42. The lowest BCUT2D eigenvalue weighted by Gasteiger charge is -2.31. The molecule has 0 radical (unpaired) electrons. The third kappa shape index (κ3) is 6.03. The van der Waals surface area contributed by atoms with Crippen molar-refractivity contribution in [3.05, 3.63) is 30.5 Å². The Bertz CT molecular complexity index is 853. The van der Waals surface area contributed by atoms with Crippen LogP contribution in [0.1, 0.15) is 26.7 Å². The first-order valence-electron chi connectivity index (χ1n) is 9.56. The van der Waals surface area contributed by atoms with Gasteiger partial charge in [-0.05, 0) is 38.0 Å². The molecule has 1 aliphatic rings. The fourth-order valence-electron chi connectivity index (χ4n) is 3.05. The second kappa shape index (κ2) is 9.67. The molecule has 1 saturated heterocycles. The van der Waals surface area contributed by atoms with Gasteiger partial charge in [0.1, 0.15) is 0 Å². The van der Waals surface area contributed by atoms with Crippen LogP contribution >= 0.6 is 0 Å². The van der Waals surface area contributed by atoms with E-state index in [1.165, 1.54) is 13.1 Å². The van der Waals surface area contributed by atoms with Gasteiger partial charge in [0.25, 0.3) is 0 Å². The highest BCUT2D eigenvalue weighted by molar-refractivity contribution is 5.89. The minimum Gasteiger partial charge on any atom is -0.450 e. The second-order valence-corrected chi connectivity index (χ2v) is 6.66. The number of rotatable bonds is 6. The van der Waals surface area contributed by atoms with Crippen LogP contribution in [0.5, 0.6) is 0 Å². The quantitative estimate of drug-likeness (QED) is 0.678. The minimum absolute atomic E-state index is 0.133. The molecule has 154 valence electrons. The van der Waals surface area contributed by atoms with Crippen molar-refractivity contribution in [3.63, 3.8) is 0 Å². The summed E-state index contributed by atoms with van der Waals surface area (Å²) in [4.78, 5) is 29.1. The fraction of sp³-hybridized carbons (Fsp3) is 0.421. The molecular weight excluding hydrogens is 374 g/mol. The first-order chi connectivity index (χ1) is 14.0. The number of hydrogen-bond acceptors (Lipinski definition) is 8. The Balaban J connectivity index is 1.56. The number of carbonyl (C=O) groups excluding carboxylic acids is 2. The molecule has 0 atom stereocenters. The molecule has 10 heteroatoms. The van der Waals surface area contributed by atoms with Crippen molar-refractivity contribution >= 4 is 35.1 Å². The number of ether oxygens (including phenoxy) is 1. The molecule has 1 aromatic heterocycles. The van der Waals surface area contributed by atoms with Gasteiger partial charge in [-0.1, -0.05) is 6.07 Å². The van der Waals surface area contributed by atoms with Gasteiger partial charge in [0.05, 0.1) is 12.8 Å². The van der Waals surface area contributed by atoms with Crippen molar-refractivity contribution < 1.29 is 14.3 Å². The zero-order valence-electron chi connectivity index (χ0n) is 16.5. The maximum Gasteiger partial charge on any atom is 0.409 e. The SMILES string of the molecule is CCOC(=O)N1CCC(Nc2nncc(Nc3cccc(NC(C)=O)c3)n2)CC1. The van der Waals surface area contributed by atoms with E-state index in [4.69, 9.17) is 4.74 Å². The van der Waals surface area contributed by atoms with E-state index in [-0.39, 0.29) is 18.0 Å². The maximum atomic E-state index is 11.8. The zero-order chi connectivity index (χ0) is 20.6. The third-order valence-electron chi connectivity index (χ3n) is 4.37. The summed E-state index contributed by atoms with van der Waals surface area (Å²) in [5.41, 5.74) is 1.46. The lowest BCUT2D eigenvalue weighted by atomic mass is 10.1. The summed E-state index contributed by atoms with van der Waals surface area (Å²) in [6.07, 6.45) is 2.81. The molecule has 2 heterocycles. The van der Waals surface area contributed by atoms with Crippen LogP contribution in [0.4, 0.5) is 27.9 Å². The van der Waals surface area contributed by atoms with Gasteiger partial charge in [0.15, 0.2) is 5.82 Å². The predicted molar refractivity (Wildman–Crippen MR) is 109 cm³/mol. The van der Waals surface area contributed by atoms with Gasteiger partial charge in [0.2, 0.25) is 11.9 Å². The monoisotopic (exact) mass is 399 g/mol. The van der Waals surface area contributed by atoms with Gasteiger partial charge in [-0.2, -0.15) is 10.1 Å². The molecule has 0 spiro atoms. The summed E-state index contributed by atoms with van der Waals surface area (Å²) >= 11 is 0. The number of aromatic nitrogens is 3. The van der Waals surface area contributed by atoms with E-state index < -0.39 is 0 Å². The van der Waals surface area contributed by atoms with Gasteiger partial charge in [-0.25, -0.2) is 4.79 Å². The summed E-state index contributed by atoms with van der Waals surface area (Å²) in [6, 6.07) is 7.47. The van der Waals surface area contributed by atoms with Crippen LogP contribution in [0.15, 0.2) is 30.5 Å². The molecule has 3 rings (SSSR count). The number of nitrogens with zero attached hydrogens (tertiary/aromatic N) is 4. The molecule has 10 nitrogen and oxygen atoms in total. The van der Waals surface area contributed by atoms with E-state index in [1.807, 2.05) is 18.2 Å². The molecule has 1 aromatic carbocycles. The maximum absolute atomic E-state index is 11.8. The summed E-state index contributed by atoms with van der Waals surface area (Å²) < 4.78 is 5.04. The highest BCUT2D eigenvalue weighted by Gasteiger charge is 2.24. The molecule has 1 fully saturated rings. The van der Waals surface area contributed by atoms with Crippen molar-refractivity contribution in [1.82, 2.24) is 20.1 Å².